The van der Waals surface area contributed by atoms with Gasteiger partial charge in [-0.05, 0) is 72.7 Å². The number of hydrogen-bond donors (Lipinski definition) is 2. The molecule has 3 heterocycles. The number of piperazine rings is 1. The molecule has 11 nitrogen and oxygen atoms in total. The predicted molar refractivity (Wildman–Crippen MR) is 192 cm³/mol. The third kappa shape index (κ3) is 7.44. The quantitative estimate of drug-likeness (QED) is 0.127. The van der Waals surface area contributed by atoms with Crippen LogP contribution in [0.1, 0.15) is 63.7 Å². The molecule has 0 spiro atoms. The van der Waals surface area contributed by atoms with Crippen LogP contribution in [0.25, 0.3) is 0 Å². The summed E-state index contributed by atoms with van der Waals surface area (Å²) in [5, 5.41) is 2.29. The molecular weight excluding hydrogens is 663 g/mol. The Morgan fingerprint density at radius 2 is 1.59 bits per heavy atom. The average molecular weight is 704 g/mol. The van der Waals surface area contributed by atoms with E-state index in [9.17, 15) is 18.0 Å². The molecule has 258 valence electrons. The molecule has 3 aromatic carbocycles. The van der Waals surface area contributed by atoms with Gasteiger partial charge in [0.15, 0.2) is 11.5 Å². The minimum atomic E-state index is -3.80. The molecule has 6 rings (SSSR count). The molecule has 0 aliphatic carbocycles. The zero-order valence-electron chi connectivity index (χ0n) is 27.8. The van der Waals surface area contributed by atoms with E-state index >= 15 is 0 Å². The van der Waals surface area contributed by atoms with E-state index in [1.807, 2.05) is 24.3 Å². The molecule has 2 aliphatic heterocycles. The summed E-state index contributed by atoms with van der Waals surface area (Å²) in [6.07, 6.45) is 0.667. The number of ether oxygens (including phenoxy) is 2. The first-order valence-corrected chi connectivity index (χ1v) is 18.6. The summed E-state index contributed by atoms with van der Waals surface area (Å²) in [6.45, 7) is 5.38. The van der Waals surface area contributed by atoms with E-state index in [2.05, 4.69) is 50.4 Å². The fourth-order valence-electron chi connectivity index (χ4n) is 6.64. The molecule has 0 bridgehead atoms. The maximum absolute atomic E-state index is 14.4. The van der Waals surface area contributed by atoms with Crippen molar-refractivity contribution in [1.82, 2.24) is 14.5 Å². The number of benzene rings is 3. The summed E-state index contributed by atoms with van der Waals surface area (Å²) >= 11 is 1.28. The highest BCUT2D eigenvalue weighted by atomic mass is 32.2. The predicted octanol–water partition coefficient (Wildman–Crippen LogP) is 5.71. The van der Waals surface area contributed by atoms with Crippen LogP contribution in [0.15, 0.2) is 84.2 Å². The third-order valence-corrected chi connectivity index (χ3v) is 11.2. The van der Waals surface area contributed by atoms with Gasteiger partial charge >= 0.3 is 0 Å². The number of anilines is 2. The standard InChI is InChI=1S/C36H41N5O6S2/c1-25(26-10-5-4-6-11-26)39-19-21-40(22-20-39)30-13-7-12-28-34(30)36(43)41(35(28)42)29(27-16-17-31(46-2)32(24-27)47-3)14-8-18-37-49(44,45)38-33-15-9-23-48-33/h4-7,9-13,15-17,23-25,29,37-38H,8,14,18-22H2,1-3H3/t25-,29?/m1/s1. The van der Waals surface area contributed by atoms with Gasteiger partial charge in [-0.2, -0.15) is 13.1 Å². The second-order valence-electron chi connectivity index (χ2n) is 12.0. The highest BCUT2D eigenvalue weighted by molar-refractivity contribution is 7.91. The first kappa shape index (κ1) is 34.4. The van der Waals surface area contributed by atoms with Crippen LogP contribution in [0.2, 0.25) is 0 Å². The minimum absolute atomic E-state index is 0.102. The Hall–Kier alpha value is -4.43. The summed E-state index contributed by atoms with van der Waals surface area (Å²) in [5.74, 6) is 0.238. The van der Waals surface area contributed by atoms with Crippen molar-refractivity contribution in [3.05, 3.63) is 106 Å². The molecule has 49 heavy (non-hydrogen) atoms. The van der Waals surface area contributed by atoms with Gasteiger partial charge in [0.1, 0.15) is 5.00 Å². The lowest BCUT2D eigenvalue weighted by Gasteiger charge is -2.39. The van der Waals surface area contributed by atoms with Crippen molar-refractivity contribution in [2.24, 2.45) is 0 Å². The van der Waals surface area contributed by atoms with Gasteiger partial charge in [0.05, 0.1) is 37.1 Å². The van der Waals surface area contributed by atoms with Gasteiger partial charge < -0.3 is 14.4 Å². The summed E-state index contributed by atoms with van der Waals surface area (Å²) in [6, 6.07) is 24.2. The molecule has 2 aliphatic rings. The number of hydrogen-bond acceptors (Lipinski definition) is 9. The van der Waals surface area contributed by atoms with Crippen molar-refractivity contribution in [1.29, 1.82) is 0 Å². The van der Waals surface area contributed by atoms with Crippen molar-refractivity contribution >= 4 is 44.0 Å². The highest BCUT2D eigenvalue weighted by Gasteiger charge is 2.43. The maximum atomic E-state index is 14.4. The largest absolute Gasteiger partial charge is 0.493 e. The molecule has 2 amide bonds. The first-order chi connectivity index (χ1) is 23.7. The van der Waals surface area contributed by atoms with Crippen molar-refractivity contribution < 1.29 is 27.5 Å². The van der Waals surface area contributed by atoms with Gasteiger partial charge in [-0.25, -0.2) is 0 Å². The summed E-state index contributed by atoms with van der Waals surface area (Å²) in [4.78, 5) is 34.4. The Morgan fingerprint density at radius 1 is 0.837 bits per heavy atom. The van der Waals surface area contributed by atoms with Gasteiger partial charge in [-0.3, -0.25) is 24.1 Å². The van der Waals surface area contributed by atoms with E-state index in [-0.39, 0.29) is 24.4 Å². The molecular formula is C36H41N5O6S2. The zero-order valence-corrected chi connectivity index (χ0v) is 29.4. The smallest absolute Gasteiger partial charge is 0.299 e. The summed E-state index contributed by atoms with van der Waals surface area (Å²) in [5.41, 5.74) is 3.47. The van der Waals surface area contributed by atoms with E-state index in [0.717, 1.165) is 18.8 Å². The van der Waals surface area contributed by atoms with E-state index in [4.69, 9.17) is 9.47 Å². The number of carbonyl (C=O) groups excluding carboxylic acids is 2. The number of fused-ring (bicyclic) bond motifs is 1. The molecule has 0 radical (unpaired) electrons. The number of amides is 2. The Kier molecular flexibility index (Phi) is 10.5. The number of imide groups is 1. The van der Waals surface area contributed by atoms with Crippen molar-refractivity contribution in [3.63, 3.8) is 0 Å². The van der Waals surface area contributed by atoms with Crippen LogP contribution in [-0.2, 0) is 10.2 Å². The monoisotopic (exact) mass is 703 g/mol. The molecule has 13 heteroatoms. The lowest BCUT2D eigenvalue weighted by Crippen LogP contribution is -2.47. The van der Waals surface area contributed by atoms with Crippen LogP contribution < -0.4 is 23.8 Å². The zero-order chi connectivity index (χ0) is 34.5. The Balaban J connectivity index is 1.22. The van der Waals surface area contributed by atoms with E-state index in [1.165, 1.54) is 28.9 Å². The SMILES string of the molecule is COc1ccc(C(CCCNS(=O)(=O)Nc2cccs2)N2C(=O)c3cccc(N4CCN([C@H](C)c5ccccc5)CC4)c3C2=O)cc1OC. The number of carbonyl (C=O) groups is 2. The van der Waals surface area contributed by atoms with Crippen molar-refractivity contribution in [2.45, 2.75) is 31.8 Å². The van der Waals surface area contributed by atoms with Crippen LogP contribution in [0.3, 0.4) is 0 Å². The van der Waals surface area contributed by atoms with Gasteiger partial charge in [0, 0.05) is 38.8 Å². The molecule has 2 atom stereocenters. The third-order valence-electron chi connectivity index (χ3n) is 9.22. The fourth-order valence-corrected chi connectivity index (χ4v) is 8.44. The summed E-state index contributed by atoms with van der Waals surface area (Å²) in [7, 11) is -0.728. The van der Waals surface area contributed by atoms with Gasteiger partial charge in [-0.15, -0.1) is 11.3 Å². The van der Waals surface area contributed by atoms with Gasteiger partial charge in [-0.1, -0.05) is 42.5 Å². The minimum Gasteiger partial charge on any atom is -0.493 e. The number of rotatable bonds is 14. The van der Waals surface area contributed by atoms with Crippen molar-refractivity contribution in [3.8, 4) is 11.5 Å². The summed E-state index contributed by atoms with van der Waals surface area (Å²) < 4.78 is 41.3. The molecule has 4 aromatic rings. The number of nitrogens with one attached hydrogen (secondary N) is 2. The van der Waals surface area contributed by atoms with Crippen LogP contribution in [0, 0.1) is 0 Å². The molecule has 1 fully saturated rings. The van der Waals surface area contributed by atoms with Crippen LogP contribution in [0.5, 0.6) is 11.5 Å². The molecule has 2 N–H and O–H groups in total. The second kappa shape index (κ2) is 15.0. The normalized spacial score (nSPS) is 16.4. The Morgan fingerprint density at radius 3 is 2.29 bits per heavy atom. The lowest BCUT2D eigenvalue weighted by atomic mass is 9.99. The van der Waals surface area contributed by atoms with Crippen LogP contribution in [-0.4, -0.2) is 77.0 Å². The van der Waals surface area contributed by atoms with E-state index < -0.39 is 16.3 Å². The highest BCUT2D eigenvalue weighted by Crippen LogP contribution is 2.40. The maximum Gasteiger partial charge on any atom is 0.299 e. The second-order valence-corrected chi connectivity index (χ2v) is 14.5. The van der Waals surface area contributed by atoms with Crippen LogP contribution >= 0.6 is 11.3 Å². The number of methoxy groups -OCH3 is 2. The van der Waals surface area contributed by atoms with Gasteiger partial charge in [0.25, 0.3) is 22.0 Å². The molecule has 1 saturated heterocycles. The van der Waals surface area contributed by atoms with Gasteiger partial charge in [0.2, 0.25) is 0 Å². The van der Waals surface area contributed by atoms with Crippen molar-refractivity contribution in [2.75, 3.05) is 56.6 Å². The van der Waals surface area contributed by atoms with Crippen LogP contribution in [0.4, 0.5) is 10.7 Å². The molecule has 1 unspecified atom stereocenters. The molecule has 0 saturated carbocycles. The number of nitrogens with zero attached hydrogens (tertiary/aromatic N) is 3. The Bertz CT molecular complexity index is 1880. The first-order valence-electron chi connectivity index (χ1n) is 16.3. The topological polar surface area (TPSA) is 121 Å². The average Bonchev–Trinajstić information content (AvgIpc) is 3.72. The lowest BCUT2D eigenvalue weighted by molar-refractivity contribution is 0.0572. The molecule has 1 aromatic heterocycles. The van der Waals surface area contributed by atoms with E-state index in [1.54, 1.807) is 42.8 Å². The fraction of sp³-hybridized carbons (Fsp3) is 0.333. The number of thiophene rings is 1. The van der Waals surface area contributed by atoms with E-state index in [0.29, 0.717) is 59.1 Å². The Labute approximate surface area is 291 Å².